The topological polar surface area (TPSA) is 63.1 Å². The first-order valence-electron chi connectivity index (χ1n) is 9.50. The lowest BCUT2D eigenvalue weighted by Gasteiger charge is -2.35. The smallest absolute Gasteiger partial charge is 0.253 e. The zero-order chi connectivity index (χ0) is 20.0. The van der Waals surface area contributed by atoms with Gasteiger partial charge in [-0.1, -0.05) is 42.0 Å². The zero-order valence-corrected chi connectivity index (χ0v) is 17.6. The summed E-state index contributed by atoms with van der Waals surface area (Å²) < 4.78 is 8.05. The van der Waals surface area contributed by atoms with Gasteiger partial charge in [-0.3, -0.25) is 9.89 Å². The van der Waals surface area contributed by atoms with Crippen LogP contribution in [0.4, 0.5) is 0 Å². The second-order valence-electron chi connectivity index (χ2n) is 7.29. The molecule has 148 valence electrons. The van der Waals surface area contributed by atoms with E-state index in [1.54, 1.807) is 21.4 Å². The standard InChI is InChI=1S/C21H20N4O2S2/c1-14-6-8-16(9-7-14)27-12-18-22-23-20(28)24(18)25-19(26)13-29-21(25)11-10-15-4-2-3-5-17(15)21/h2-9H,10-13H2,1H3,(H,23,28). The number of benzene rings is 2. The van der Waals surface area contributed by atoms with Crippen LogP contribution >= 0.6 is 24.0 Å². The average Bonchev–Trinajstić information content (AvgIpc) is 3.39. The largest absolute Gasteiger partial charge is 0.486 e. The average molecular weight is 425 g/mol. The molecule has 5 rings (SSSR count). The van der Waals surface area contributed by atoms with E-state index in [9.17, 15) is 4.79 Å². The van der Waals surface area contributed by atoms with Crippen LogP contribution < -0.4 is 9.75 Å². The molecule has 1 aliphatic heterocycles. The molecule has 2 aromatic carbocycles. The number of nitrogens with one attached hydrogen (secondary N) is 1. The lowest BCUT2D eigenvalue weighted by Crippen LogP contribution is -2.49. The van der Waals surface area contributed by atoms with Gasteiger partial charge in [-0.15, -0.1) is 11.8 Å². The van der Waals surface area contributed by atoms with Crippen LogP contribution in [0.25, 0.3) is 0 Å². The van der Waals surface area contributed by atoms with Crippen molar-refractivity contribution >= 4 is 29.9 Å². The summed E-state index contributed by atoms with van der Waals surface area (Å²) in [6.07, 6.45) is 1.79. The van der Waals surface area contributed by atoms with Gasteiger partial charge >= 0.3 is 0 Å². The van der Waals surface area contributed by atoms with Crippen molar-refractivity contribution in [1.82, 2.24) is 14.9 Å². The maximum atomic E-state index is 13.0. The van der Waals surface area contributed by atoms with E-state index in [0.717, 1.165) is 18.6 Å². The van der Waals surface area contributed by atoms with E-state index in [1.165, 1.54) is 16.7 Å². The summed E-state index contributed by atoms with van der Waals surface area (Å²) in [4.78, 5) is 12.6. The molecule has 1 aromatic heterocycles. The Balaban J connectivity index is 1.52. The molecule has 1 fully saturated rings. The maximum absolute atomic E-state index is 13.0. The molecule has 1 atom stereocenters. The van der Waals surface area contributed by atoms with Crippen LogP contribution in [0.5, 0.6) is 5.75 Å². The van der Waals surface area contributed by atoms with Crippen molar-refractivity contribution in [2.24, 2.45) is 0 Å². The quantitative estimate of drug-likeness (QED) is 0.645. The zero-order valence-electron chi connectivity index (χ0n) is 15.9. The number of fused-ring (bicyclic) bond motifs is 2. The third-order valence-electron chi connectivity index (χ3n) is 5.49. The molecule has 8 heteroatoms. The molecule has 1 saturated heterocycles. The van der Waals surface area contributed by atoms with Crippen LogP contribution in [0, 0.1) is 11.7 Å². The molecular weight excluding hydrogens is 404 g/mol. The van der Waals surface area contributed by atoms with Gasteiger partial charge in [-0.25, -0.2) is 9.69 Å². The maximum Gasteiger partial charge on any atom is 0.253 e. The number of nitrogens with zero attached hydrogens (tertiary/aromatic N) is 3. The first kappa shape index (κ1) is 18.4. The number of carbonyl (C=O) groups excluding carboxylic acids is 1. The number of rotatable bonds is 4. The van der Waals surface area contributed by atoms with E-state index in [0.29, 0.717) is 16.3 Å². The summed E-state index contributed by atoms with van der Waals surface area (Å²) in [5.41, 5.74) is 3.64. The summed E-state index contributed by atoms with van der Waals surface area (Å²) in [5, 5.41) is 8.99. The van der Waals surface area contributed by atoms with E-state index in [4.69, 9.17) is 17.0 Å². The molecule has 0 bridgehead atoms. The van der Waals surface area contributed by atoms with Gasteiger partial charge in [-0.2, -0.15) is 5.10 Å². The summed E-state index contributed by atoms with van der Waals surface area (Å²) in [7, 11) is 0. The second-order valence-corrected chi connectivity index (χ2v) is 8.93. The Morgan fingerprint density at radius 1 is 1.24 bits per heavy atom. The predicted octanol–water partition coefficient (Wildman–Crippen LogP) is 3.84. The first-order valence-corrected chi connectivity index (χ1v) is 10.9. The molecule has 0 radical (unpaired) electrons. The van der Waals surface area contributed by atoms with Gasteiger partial charge < -0.3 is 4.74 Å². The van der Waals surface area contributed by atoms with Gasteiger partial charge in [0.05, 0.1) is 5.75 Å². The third-order valence-corrected chi connectivity index (χ3v) is 7.22. The first-order chi connectivity index (χ1) is 14.1. The predicted molar refractivity (Wildman–Crippen MR) is 115 cm³/mol. The Kier molecular flexibility index (Phi) is 4.48. The van der Waals surface area contributed by atoms with Gasteiger partial charge in [-0.05, 0) is 55.2 Å². The minimum absolute atomic E-state index is 0.0285. The molecule has 6 nitrogen and oxygen atoms in total. The number of carbonyl (C=O) groups is 1. The number of aryl methyl sites for hydroxylation is 2. The highest BCUT2D eigenvalue weighted by molar-refractivity contribution is 8.01. The van der Waals surface area contributed by atoms with E-state index in [-0.39, 0.29) is 12.5 Å². The van der Waals surface area contributed by atoms with Crippen molar-refractivity contribution in [3.63, 3.8) is 0 Å². The van der Waals surface area contributed by atoms with Crippen molar-refractivity contribution in [2.45, 2.75) is 31.2 Å². The molecule has 1 amide bonds. The van der Waals surface area contributed by atoms with Crippen LogP contribution in [-0.4, -0.2) is 26.5 Å². The summed E-state index contributed by atoms with van der Waals surface area (Å²) in [6.45, 7) is 2.24. The number of H-pyrrole nitrogens is 1. The number of aromatic nitrogens is 3. The van der Waals surface area contributed by atoms with E-state index >= 15 is 0 Å². The molecular formula is C21H20N4O2S2. The number of hydrogen-bond donors (Lipinski definition) is 1. The molecule has 1 spiro atoms. The molecule has 1 aliphatic carbocycles. The van der Waals surface area contributed by atoms with Crippen molar-refractivity contribution in [3.8, 4) is 5.75 Å². The van der Waals surface area contributed by atoms with E-state index < -0.39 is 4.87 Å². The summed E-state index contributed by atoms with van der Waals surface area (Å²) in [5.74, 6) is 1.77. The van der Waals surface area contributed by atoms with Crippen LogP contribution in [0.1, 0.15) is 28.9 Å². The fourth-order valence-corrected chi connectivity index (χ4v) is 5.74. The van der Waals surface area contributed by atoms with Gasteiger partial charge in [0.1, 0.15) is 17.2 Å². The SMILES string of the molecule is Cc1ccc(OCc2n[nH]c(=S)n2N2C(=O)CSC23CCc2ccccc23)cc1. The molecule has 29 heavy (non-hydrogen) atoms. The number of aromatic amines is 1. The highest BCUT2D eigenvalue weighted by atomic mass is 32.2. The number of ether oxygens (including phenoxy) is 1. The fraction of sp³-hybridized carbons (Fsp3) is 0.286. The normalized spacial score (nSPS) is 20.4. The molecule has 2 heterocycles. The molecule has 0 saturated carbocycles. The van der Waals surface area contributed by atoms with Crippen molar-refractivity contribution in [1.29, 1.82) is 0 Å². The Hall–Kier alpha value is -2.58. The van der Waals surface area contributed by atoms with Gasteiger partial charge in [0.15, 0.2) is 5.82 Å². The van der Waals surface area contributed by atoms with Gasteiger partial charge in [0.25, 0.3) is 5.91 Å². The lowest BCUT2D eigenvalue weighted by atomic mass is 10.1. The monoisotopic (exact) mass is 424 g/mol. The Bertz CT molecular complexity index is 1140. The molecule has 1 N–H and O–H groups in total. The minimum Gasteiger partial charge on any atom is -0.486 e. The molecule has 2 aliphatic rings. The summed E-state index contributed by atoms with van der Waals surface area (Å²) >= 11 is 7.18. The summed E-state index contributed by atoms with van der Waals surface area (Å²) in [6, 6.07) is 16.2. The second kappa shape index (κ2) is 7.03. The van der Waals surface area contributed by atoms with E-state index in [2.05, 4.69) is 22.3 Å². The van der Waals surface area contributed by atoms with Crippen LogP contribution in [0.2, 0.25) is 0 Å². The van der Waals surface area contributed by atoms with Crippen LogP contribution in [0.3, 0.4) is 0 Å². The number of hydrogen-bond acceptors (Lipinski definition) is 5. The molecule has 1 unspecified atom stereocenters. The van der Waals surface area contributed by atoms with E-state index in [1.807, 2.05) is 43.3 Å². The number of thioether (sulfide) groups is 1. The Morgan fingerprint density at radius 3 is 2.86 bits per heavy atom. The van der Waals surface area contributed by atoms with Crippen molar-refractivity contribution in [2.75, 3.05) is 10.8 Å². The van der Waals surface area contributed by atoms with Gasteiger partial charge in [0.2, 0.25) is 4.77 Å². The van der Waals surface area contributed by atoms with Crippen molar-refractivity contribution in [3.05, 3.63) is 75.8 Å². The molecule has 3 aromatic rings. The third kappa shape index (κ3) is 2.98. The Morgan fingerprint density at radius 2 is 2.03 bits per heavy atom. The van der Waals surface area contributed by atoms with Crippen LogP contribution in [-0.2, 0) is 22.7 Å². The Labute approximate surface area is 177 Å². The highest BCUT2D eigenvalue weighted by Gasteiger charge is 2.53. The lowest BCUT2D eigenvalue weighted by molar-refractivity contribution is -0.118. The van der Waals surface area contributed by atoms with Crippen LogP contribution in [0.15, 0.2) is 48.5 Å². The number of amides is 1. The fourth-order valence-electron chi connectivity index (χ4n) is 4.11. The van der Waals surface area contributed by atoms with Gasteiger partial charge in [0, 0.05) is 0 Å². The van der Waals surface area contributed by atoms with Crippen molar-refractivity contribution < 1.29 is 9.53 Å². The highest BCUT2D eigenvalue weighted by Crippen LogP contribution is 2.52. The minimum atomic E-state index is -0.450.